The third kappa shape index (κ3) is 2.94. The van der Waals surface area contributed by atoms with Crippen LogP contribution >= 0.6 is 0 Å². The minimum Gasteiger partial charge on any atom is -0.346 e. The molecule has 1 atom stereocenters. The molecule has 4 rings (SSSR count). The number of fused-ring (bicyclic) bond motifs is 2. The zero-order chi connectivity index (χ0) is 18.3. The van der Waals surface area contributed by atoms with E-state index < -0.39 is 0 Å². The Morgan fingerprint density at radius 2 is 2.12 bits per heavy atom. The van der Waals surface area contributed by atoms with Gasteiger partial charge in [-0.2, -0.15) is 0 Å². The van der Waals surface area contributed by atoms with Crippen molar-refractivity contribution in [1.29, 1.82) is 0 Å². The maximum Gasteiger partial charge on any atom is 0.228 e. The second-order valence-corrected chi connectivity index (χ2v) is 6.70. The van der Waals surface area contributed by atoms with E-state index in [1.165, 1.54) is 0 Å². The van der Waals surface area contributed by atoms with Gasteiger partial charge in [0.25, 0.3) is 0 Å². The molecule has 26 heavy (non-hydrogen) atoms. The quantitative estimate of drug-likeness (QED) is 0.760. The summed E-state index contributed by atoms with van der Waals surface area (Å²) < 4.78 is 2.01. The normalized spacial score (nSPS) is 14.2. The zero-order valence-corrected chi connectivity index (χ0v) is 14.7. The van der Waals surface area contributed by atoms with Crippen LogP contribution in [0.25, 0.3) is 11.0 Å². The number of aromatic nitrogens is 2. The number of hydrogen-bond donors (Lipinski definition) is 2. The van der Waals surface area contributed by atoms with E-state index in [0.29, 0.717) is 6.42 Å². The van der Waals surface area contributed by atoms with Crippen molar-refractivity contribution in [2.75, 3.05) is 5.32 Å². The number of imidazole rings is 1. The summed E-state index contributed by atoms with van der Waals surface area (Å²) in [5, 5.41) is 5.83. The molecule has 1 aromatic heterocycles. The first-order valence-electron chi connectivity index (χ1n) is 8.63. The van der Waals surface area contributed by atoms with Crippen LogP contribution in [0.2, 0.25) is 0 Å². The molecule has 0 bridgehead atoms. The topological polar surface area (TPSA) is 76.0 Å². The lowest BCUT2D eigenvalue weighted by Gasteiger charge is -2.14. The number of rotatable bonds is 4. The molecular weight excluding hydrogens is 328 g/mol. The predicted molar refractivity (Wildman–Crippen MR) is 99.8 cm³/mol. The Bertz CT molecular complexity index is 1020. The van der Waals surface area contributed by atoms with E-state index in [-0.39, 0.29) is 24.3 Å². The summed E-state index contributed by atoms with van der Waals surface area (Å²) >= 11 is 0. The molecule has 2 aromatic carbocycles. The highest BCUT2D eigenvalue weighted by atomic mass is 16.2. The molecule has 0 unspecified atom stereocenters. The van der Waals surface area contributed by atoms with Crippen molar-refractivity contribution >= 4 is 28.5 Å². The van der Waals surface area contributed by atoms with Gasteiger partial charge in [0.15, 0.2) is 0 Å². The van der Waals surface area contributed by atoms with Crippen LogP contribution < -0.4 is 10.6 Å². The average Bonchev–Trinajstić information content (AvgIpc) is 3.14. The minimum atomic E-state index is -0.200. The summed E-state index contributed by atoms with van der Waals surface area (Å²) in [7, 11) is 1.95. The number of aryl methyl sites for hydroxylation is 1. The monoisotopic (exact) mass is 348 g/mol. The molecule has 6 heteroatoms. The van der Waals surface area contributed by atoms with Crippen LogP contribution in [0.1, 0.15) is 29.9 Å². The highest BCUT2D eigenvalue weighted by molar-refractivity contribution is 5.99. The number of carbonyl (C=O) groups excluding carboxylic acids is 2. The summed E-state index contributed by atoms with van der Waals surface area (Å²) in [6.45, 7) is 1.93. The molecule has 2 heterocycles. The molecule has 2 amide bonds. The van der Waals surface area contributed by atoms with Gasteiger partial charge in [-0.05, 0) is 36.2 Å². The van der Waals surface area contributed by atoms with Crippen molar-refractivity contribution in [2.24, 2.45) is 7.05 Å². The van der Waals surface area contributed by atoms with E-state index in [0.717, 1.165) is 33.7 Å². The van der Waals surface area contributed by atoms with Gasteiger partial charge in [0.05, 0.1) is 29.9 Å². The van der Waals surface area contributed by atoms with Crippen LogP contribution in [0, 0.1) is 0 Å². The standard InChI is InChI=1S/C20H20N4O2/c1-12(20-23-15-5-3-4-6-17(15)24(20)2)21-18(25)10-13-7-8-14-11-19(26)22-16(14)9-13/h3-9,12H,10-11H2,1-2H3,(H,21,25)(H,22,26)/t12-/m0/s1. The summed E-state index contributed by atoms with van der Waals surface area (Å²) in [5.74, 6) is 0.742. The summed E-state index contributed by atoms with van der Waals surface area (Å²) in [4.78, 5) is 28.5. The Kier molecular flexibility index (Phi) is 3.95. The molecule has 0 aliphatic carbocycles. The maximum atomic E-state index is 12.5. The van der Waals surface area contributed by atoms with Crippen LogP contribution in [-0.4, -0.2) is 21.4 Å². The number of para-hydroxylation sites is 2. The Morgan fingerprint density at radius 3 is 2.92 bits per heavy atom. The van der Waals surface area contributed by atoms with E-state index in [9.17, 15) is 9.59 Å². The molecule has 2 N–H and O–H groups in total. The number of carbonyl (C=O) groups is 2. The van der Waals surface area contributed by atoms with Gasteiger partial charge in [-0.3, -0.25) is 9.59 Å². The predicted octanol–water partition coefficient (Wildman–Crippen LogP) is 2.49. The van der Waals surface area contributed by atoms with Crippen LogP contribution in [0.15, 0.2) is 42.5 Å². The molecule has 132 valence electrons. The Balaban J connectivity index is 1.47. The number of anilines is 1. The van der Waals surface area contributed by atoms with E-state index in [1.807, 2.05) is 61.0 Å². The number of nitrogens with one attached hydrogen (secondary N) is 2. The highest BCUT2D eigenvalue weighted by Crippen LogP contribution is 2.24. The molecule has 0 spiro atoms. The first kappa shape index (κ1) is 16.3. The van der Waals surface area contributed by atoms with Crippen molar-refractivity contribution in [1.82, 2.24) is 14.9 Å². The van der Waals surface area contributed by atoms with Gasteiger partial charge < -0.3 is 15.2 Å². The third-order valence-corrected chi connectivity index (χ3v) is 4.75. The summed E-state index contributed by atoms with van der Waals surface area (Å²) in [5.41, 5.74) is 4.62. The number of hydrogen-bond acceptors (Lipinski definition) is 3. The zero-order valence-electron chi connectivity index (χ0n) is 14.7. The molecule has 1 aliphatic heterocycles. The van der Waals surface area contributed by atoms with Crippen LogP contribution in [0.3, 0.4) is 0 Å². The molecule has 0 fully saturated rings. The lowest BCUT2D eigenvalue weighted by Crippen LogP contribution is -2.29. The summed E-state index contributed by atoms with van der Waals surface area (Å²) in [6.07, 6.45) is 0.670. The van der Waals surface area contributed by atoms with Crippen molar-refractivity contribution in [3.05, 3.63) is 59.4 Å². The van der Waals surface area contributed by atoms with Gasteiger partial charge in [-0.1, -0.05) is 24.3 Å². The van der Waals surface area contributed by atoms with Gasteiger partial charge in [-0.25, -0.2) is 4.98 Å². The fraction of sp³-hybridized carbons (Fsp3) is 0.250. The summed E-state index contributed by atoms with van der Waals surface area (Å²) in [6, 6.07) is 13.4. The van der Waals surface area contributed by atoms with E-state index in [4.69, 9.17) is 0 Å². The van der Waals surface area contributed by atoms with Gasteiger partial charge in [0, 0.05) is 12.7 Å². The van der Waals surface area contributed by atoms with Gasteiger partial charge >= 0.3 is 0 Å². The average molecular weight is 348 g/mol. The fourth-order valence-electron chi connectivity index (χ4n) is 3.47. The van der Waals surface area contributed by atoms with Crippen molar-refractivity contribution in [2.45, 2.75) is 25.8 Å². The van der Waals surface area contributed by atoms with Gasteiger partial charge in [0.2, 0.25) is 11.8 Å². The molecule has 0 saturated carbocycles. The fourth-order valence-corrected chi connectivity index (χ4v) is 3.47. The minimum absolute atomic E-state index is 0.00271. The van der Waals surface area contributed by atoms with Crippen molar-refractivity contribution in [3.8, 4) is 0 Å². The van der Waals surface area contributed by atoms with Crippen molar-refractivity contribution < 1.29 is 9.59 Å². The van der Waals surface area contributed by atoms with Crippen LogP contribution in [0.4, 0.5) is 5.69 Å². The molecule has 3 aromatic rings. The number of amides is 2. The molecular formula is C20H20N4O2. The maximum absolute atomic E-state index is 12.5. The van der Waals surface area contributed by atoms with E-state index >= 15 is 0 Å². The highest BCUT2D eigenvalue weighted by Gasteiger charge is 2.19. The first-order valence-corrected chi connectivity index (χ1v) is 8.63. The Hall–Kier alpha value is -3.15. The van der Waals surface area contributed by atoms with Gasteiger partial charge in [0.1, 0.15) is 5.82 Å². The van der Waals surface area contributed by atoms with E-state index in [2.05, 4.69) is 15.6 Å². The lowest BCUT2D eigenvalue weighted by molar-refractivity contribution is -0.121. The smallest absolute Gasteiger partial charge is 0.228 e. The Labute approximate surface area is 151 Å². The van der Waals surface area contributed by atoms with Crippen LogP contribution in [-0.2, 0) is 29.5 Å². The third-order valence-electron chi connectivity index (χ3n) is 4.75. The van der Waals surface area contributed by atoms with Gasteiger partial charge in [-0.15, -0.1) is 0 Å². The first-order chi connectivity index (χ1) is 12.5. The van der Waals surface area contributed by atoms with E-state index in [1.54, 1.807) is 0 Å². The molecule has 0 saturated heterocycles. The Morgan fingerprint density at radius 1 is 1.31 bits per heavy atom. The van der Waals surface area contributed by atoms with Crippen molar-refractivity contribution in [3.63, 3.8) is 0 Å². The second-order valence-electron chi connectivity index (χ2n) is 6.70. The molecule has 0 radical (unpaired) electrons. The van der Waals surface area contributed by atoms with Crippen LogP contribution in [0.5, 0.6) is 0 Å². The molecule has 6 nitrogen and oxygen atoms in total. The SMILES string of the molecule is C[C@H](NC(=O)Cc1ccc2c(c1)NC(=O)C2)c1nc2ccccc2n1C. The number of benzene rings is 2. The molecule has 1 aliphatic rings. The largest absolute Gasteiger partial charge is 0.346 e. The lowest BCUT2D eigenvalue weighted by atomic mass is 10.1. The second kappa shape index (κ2) is 6.29. The number of nitrogens with zero attached hydrogens (tertiary/aromatic N) is 2.